The number of hydrogen-bond acceptors (Lipinski definition) is 3. The number of aromatic nitrogens is 2. The van der Waals surface area contributed by atoms with Crippen LogP contribution in [0.1, 0.15) is 44.8 Å². The SMILES string of the molecule is NC(=O)CCn1c2ccccc2c2c3c(c4c5c([nH]c4c21)C(=O)CC=C5)C(=O)NC3. The maximum atomic E-state index is 12.8. The highest BCUT2D eigenvalue weighted by Gasteiger charge is 2.32. The average Bonchev–Trinajstić information content (AvgIpc) is 3.39. The number of nitrogens with zero attached hydrogens (tertiary/aromatic N) is 1. The van der Waals surface area contributed by atoms with Gasteiger partial charge in [-0.15, -0.1) is 0 Å². The van der Waals surface area contributed by atoms with Crippen LogP contribution in [0.4, 0.5) is 0 Å². The molecule has 148 valence electrons. The molecule has 30 heavy (non-hydrogen) atoms. The smallest absolute Gasteiger partial charge is 0.252 e. The first-order chi connectivity index (χ1) is 14.6. The van der Waals surface area contributed by atoms with Crippen LogP contribution in [0, 0.1) is 0 Å². The summed E-state index contributed by atoms with van der Waals surface area (Å²) in [6, 6.07) is 7.95. The summed E-state index contributed by atoms with van der Waals surface area (Å²) in [5.74, 6) is -0.498. The predicted octanol–water partition coefficient (Wildman–Crippen LogP) is 2.99. The number of ketones is 1. The number of benzene rings is 2. The van der Waals surface area contributed by atoms with E-state index in [9.17, 15) is 14.4 Å². The van der Waals surface area contributed by atoms with Crippen LogP contribution in [-0.2, 0) is 17.9 Å². The van der Waals surface area contributed by atoms with E-state index in [1.54, 1.807) is 0 Å². The highest BCUT2D eigenvalue weighted by Crippen LogP contribution is 2.43. The number of aromatic amines is 1. The van der Waals surface area contributed by atoms with E-state index in [1.165, 1.54) is 0 Å². The topological polar surface area (TPSA) is 110 Å². The first-order valence-electron chi connectivity index (χ1n) is 9.94. The maximum Gasteiger partial charge on any atom is 0.252 e. The van der Waals surface area contributed by atoms with Crippen molar-refractivity contribution >= 4 is 56.4 Å². The van der Waals surface area contributed by atoms with Crippen LogP contribution in [0.25, 0.3) is 38.8 Å². The third-order valence-electron chi connectivity index (χ3n) is 6.20. The van der Waals surface area contributed by atoms with E-state index in [0.29, 0.717) is 30.8 Å². The number of para-hydroxylation sites is 1. The molecule has 3 heterocycles. The second kappa shape index (κ2) is 5.82. The van der Waals surface area contributed by atoms with Crippen LogP contribution in [0.15, 0.2) is 30.3 Å². The molecule has 0 radical (unpaired) electrons. The van der Waals surface area contributed by atoms with E-state index < -0.39 is 0 Å². The summed E-state index contributed by atoms with van der Waals surface area (Å²) in [6.45, 7) is 0.851. The number of amides is 2. The third-order valence-corrected chi connectivity index (χ3v) is 6.20. The van der Waals surface area contributed by atoms with Crippen molar-refractivity contribution in [2.75, 3.05) is 0 Å². The zero-order chi connectivity index (χ0) is 20.6. The molecule has 2 aromatic heterocycles. The molecular weight excluding hydrogens is 380 g/mol. The molecule has 2 amide bonds. The van der Waals surface area contributed by atoms with Gasteiger partial charge >= 0.3 is 0 Å². The van der Waals surface area contributed by atoms with Crippen molar-refractivity contribution in [1.29, 1.82) is 0 Å². The van der Waals surface area contributed by atoms with Crippen LogP contribution >= 0.6 is 0 Å². The van der Waals surface area contributed by atoms with Gasteiger partial charge in [0.25, 0.3) is 5.91 Å². The van der Waals surface area contributed by atoms with Crippen LogP contribution in [0.2, 0.25) is 0 Å². The number of H-pyrrole nitrogens is 1. The van der Waals surface area contributed by atoms with Crippen molar-refractivity contribution in [2.45, 2.75) is 25.9 Å². The number of rotatable bonds is 3. The molecule has 6 rings (SSSR count). The predicted molar refractivity (Wildman–Crippen MR) is 114 cm³/mol. The van der Waals surface area contributed by atoms with Crippen molar-refractivity contribution in [2.24, 2.45) is 5.73 Å². The van der Waals surface area contributed by atoms with Gasteiger partial charge in [0.1, 0.15) is 0 Å². The molecule has 0 saturated heterocycles. The summed E-state index contributed by atoms with van der Waals surface area (Å²) in [6.07, 6.45) is 4.29. The van der Waals surface area contributed by atoms with E-state index >= 15 is 0 Å². The largest absolute Gasteiger partial charge is 0.370 e. The summed E-state index contributed by atoms with van der Waals surface area (Å²) in [4.78, 5) is 40.3. The van der Waals surface area contributed by atoms with E-state index in [1.807, 2.05) is 36.4 Å². The number of aryl methyl sites for hydroxylation is 1. The maximum absolute atomic E-state index is 12.8. The van der Waals surface area contributed by atoms with Gasteiger partial charge in [-0.05, 0) is 11.6 Å². The first kappa shape index (κ1) is 17.0. The van der Waals surface area contributed by atoms with E-state index in [-0.39, 0.29) is 24.0 Å². The molecular formula is C23H18N4O3. The van der Waals surface area contributed by atoms with Gasteiger partial charge in [0.05, 0.1) is 22.3 Å². The Morgan fingerprint density at radius 2 is 2.00 bits per heavy atom. The minimum atomic E-state index is -0.376. The lowest BCUT2D eigenvalue weighted by Gasteiger charge is -2.09. The van der Waals surface area contributed by atoms with Crippen LogP contribution in [-0.4, -0.2) is 27.1 Å². The van der Waals surface area contributed by atoms with Crippen molar-refractivity contribution in [3.8, 4) is 0 Å². The van der Waals surface area contributed by atoms with Crippen molar-refractivity contribution in [3.05, 3.63) is 52.7 Å². The Balaban J connectivity index is 1.87. The number of carbonyl (C=O) groups is 3. The monoisotopic (exact) mass is 398 g/mol. The summed E-state index contributed by atoms with van der Waals surface area (Å²) >= 11 is 0. The average molecular weight is 398 g/mol. The lowest BCUT2D eigenvalue weighted by Crippen LogP contribution is -2.14. The summed E-state index contributed by atoms with van der Waals surface area (Å²) in [7, 11) is 0. The molecule has 7 nitrogen and oxygen atoms in total. The lowest BCUT2D eigenvalue weighted by molar-refractivity contribution is -0.118. The van der Waals surface area contributed by atoms with Crippen molar-refractivity contribution in [1.82, 2.24) is 14.9 Å². The fraction of sp³-hybridized carbons (Fsp3) is 0.174. The molecule has 2 aromatic carbocycles. The van der Waals surface area contributed by atoms with E-state index in [4.69, 9.17) is 5.73 Å². The third kappa shape index (κ3) is 2.06. The quantitative estimate of drug-likeness (QED) is 0.493. The molecule has 0 saturated carbocycles. The van der Waals surface area contributed by atoms with Crippen molar-refractivity contribution < 1.29 is 14.4 Å². The van der Waals surface area contributed by atoms with Crippen LogP contribution in [0.5, 0.6) is 0 Å². The van der Waals surface area contributed by atoms with Gasteiger partial charge in [-0.2, -0.15) is 0 Å². The molecule has 7 heteroatoms. The summed E-state index contributed by atoms with van der Waals surface area (Å²) < 4.78 is 2.08. The number of nitrogens with one attached hydrogen (secondary N) is 2. The highest BCUT2D eigenvalue weighted by molar-refractivity contribution is 6.28. The second-order valence-electron chi connectivity index (χ2n) is 7.84. The Labute approximate surface area is 170 Å². The molecule has 0 atom stereocenters. The van der Waals surface area contributed by atoms with Gasteiger partial charge in [0.15, 0.2) is 5.78 Å². The number of nitrogens with two attached hydrogens (primary N) is 1. The van der Waals surface area contributed by atoms with Crippen LogP contribution in [0.3, 0.4) is 0 Å². The Morgan fingerprint density at radius 3 is 2.83 bits per heavy atom. The van der Waals surface area contributed by atoms with Crippen molar-refractivity contribution in [3.63, 3.8) is 0 Å². The second-order valence-corrected chi connectivity index (χ2v) is 7.84. The normalized spacial score (nSPS) is 15.2. The number of hydrogen-bond donors (Lipinski definition) is 3. The van der Waals surface area contributed by atoms with Gasteiger partial charge in [0.2, 0.25) is 5.91 Å². The van der Waals surface area contributed by atoms with Gasteiger partial charge < -0.3 is 20.6 Å². The molecule has 4 N–H and O–H groups in total. The fourth-order valence-corrected chi connectivity index (χ4v) is 5.01. The zero-order valence-electron chi connectivity index (χ0n) is 16.0. The molecule has 1 aliphatic carbocycles. The minimum Gasteiger partial charge on any atom is -0.370 e. The Morgan fingerprint density at radius 1 is 1.17 bits per heavy atom. The number of carbonyl (C=O) groups excluding carboxylic acids is 3. The van der Waals surface area contributed by atoms with E-state index in [0.717, 1.165) is 43.8 Å². The lowest BCUT2D eigenvalue weighted by atomic mass is 9.94. The summed E-state index contributed by atoms with van der Waals surface area (Å²) in [5, 5.41) is 5.72. The van der Waals surface area contributed by atoms with Crippen LogP contribution < -0.4 is 11.1 Å². The Kier molecular flexibility index (Phi) is 3.30. The van der Waals surface area contributed by atoms with E-state index in [2.05, 4.69) is 14.9 Å². The molecule has 2 aliphatic rings. The molecule has 4 aromatic rings. The zero-order valence-corrected chi connectivity index (χ0v) is 16.0. The van der Waals surface area contributed by atoms with Gasteiger partial charge in [-0.1, -0.05) is 30.4 Å². The minimum absolute atomic E-state index is 0.00352. The number of fused-ring (bicyclic) bond motifs is 10. The van der Waals surface area contributed by atoms with Gasteiger partial charge in [0, 0.05) is 53.2 Å². The molecule has 0 fully saturated rings. The molecule has 0 unspecified atom stereocenters. The Hall–Kier alpha value is -3.87. The van der Waals surface area contributed by atoms with Gasteiger partial charge in [-0.3, -0.25) is 14.4 Å². The first-order valence-corrected chi connectivity index (χ1v) is 9.94. The molecule has 0 spiro atoms. The number of primary amides is 1. The summed E-state index contributed by atoms with van der Waals surface area (Å²) in [5.41, 5.74) is 10.9. The standard InChI is InChI=1S/C23H18N4O3/c24-16(29)8-9-27-14-6-2-1-4-11(14)17-13-10-25-23(30)19(13)18-12-5-3-7-15(28)20(12)26-21(18)22(17)27/h1-6,26H,7-10H2,(H2,24,29)(H,25,30). The molecule has 0 bridgehead atoms. The molecule has 1 aliphatic heterocycles. The number of Topliss-reactive ketones (excluding diaryl/α,β-unsaturated/α-hetero) is 1. The number of allylic oxidation sites excluding steroid dienone is 1. The highest BCUT2D eigenvalue weighted by atomic mass is 16.2. The fourth-order valence-electron chi connectivity index (χ4n) is 5.01. The Bertz CT molecular complexity index is 1490. The van der Waals surface area contributed by atoms with Gasteiger partial charge in [-0.25, -0.2) is 0 Å².